The molecule has 2 aliphatic carbocycles. The molecule has 4 N–H and O–H groups in total. The van der Waals surface area contributed by atoms with Crippen LogP contribution in [0.1, 0.15) is 57.4 Å². The van der Waals surface area contributed by atoms with Crippen LogP contribution in [-0.2, 0) is 19.9 Å². The molecular weight excluding hydrogens is 542 g/mol. The Hall–Kier alpha value is -3.66. The van der Waals surface area contributed by atoms with E-state index in [0.29, 0.717) is 57.1 Å². The molecule has 1 saturated heterocycles. The molecule has 2 aromatic carbocycles. The highest BCUT2D eigenvalue weighted by atomic mass is 16.5. The molecule has 0 unspecified atom stereocenters. The number of nitrogens with one attached hydrogen (secondary N) is 1. The van der Waals surface area contributed by atoms with Crippen molar-refractivity contribution < 1.29 is 19.4 Å². The highest BCUT2D eigenvalue weighted by molar-refractivity contribution is 5.91. The highest BCUT2D eigenvalue weighted by Crippen LogP contribution is 2.46. The molecule has 2 heterocycles. The molecule has 0 atom stereocenters. The number of morpholine rings is 1. The fourth-order valence-electron chi connectivity index (χ4n) is 7.09. The number of aliphatic hydroxyl groups is 1. The van der Waals surface area contributed by atoms with E-state index >= 15 is 0 Å². The van der Waals surface area contributed by atoms with Gasteiger partial charge in [-0.2, -0.15) is 0 Å². The SMILES string of the molecule is CC1(O)CC(N)(c2ccc(-c3nnc(NC(=O)CC4CCC(C(=O)N5CCOCC5)CC4)cc3-c3ccccc3)cc2)C1. The Balaban J connectivity index is 1.12. The Morgan fingerprint density at radius 2 is 1.65 bits per heavy atom. The van der Waals surface area contributed by atoms with Crippen LogP contribution in [0.15, 0.2) is 60.7 Å². The molecule has 3 fully saturated rings. The maximum absolute atomic E-state index is 13.1. The van der Waals surface area contributed by atoms with Crippen LogP contribution < -0.4 is 11.1 Å². The maximum Gasteiger partial charge on any atom is 0.225 e. The van der Waals surface area contributed by atoms with E-state index in [1.54, 1.807) is 0 Å². The van der Waals surface area contributed by atoms with Gasteiger partial charge in [-0.05, 0) is 68.6 Å². The minimum Gasteiger partial charge on any atom is -0.390 e. The normalized spacial score (nSPS) is 27.3. The van der Waals surface area contributed by atoms with Crippen LogP contribution in [0.5, 0.6) is 0 Å². The number of hydrogen-bond donors (Lipinski definition) is 3. The van der Waals surface area contributed by atoms with Crippen molar-refractivity contribution in [3.05, 3.63) is 66.2 Å². The van der Waals surface area contributed by atoms with Crippen LogP contribution in [0.2, 0.25) is 0 Å². The van der Waals surface area contributed by atoms with Gasteiger partial charge >= 0.3 is 0 Å². The first-order valence-corrected chi connectivity index (χ1v) is 15.4. The number of carbonyl (C=O) groups is 2. The van der Waals surface area contributed by atoms with Crippen molar-refractivity contribution in [1.82, 2.24) is 15.1 Å². The van der Waals surface area contributed by atoms with Gasteiger partial charge in [0.25, 0.3) is 0 Å². The van der Waals surface area contributed by atoms with E-state index in [0.717, 1.165) is 47.9 Å². The fourth-order valence-corrected chi connectivity index (χ4v) is 7.09. The lowest BCUT2D eigenvalue weighted by Crippen LogP contribution is -2.58. The molecule has 9 heteroatoms. The molecule has 43 heavy (non-hydrogen) atoms. The molecular formula is C34H41N5O4. The van der Waals surface area contributed by atoms with E-state index in [1.807, 2.05) is 72.5 Å². The van der Waals surface area contributed by atoms with E-state index < -0.39 is 11.1 Å². The van der Waals surface area contributed by atoms with E-state index in [4.69, 9.17) is 10.5 Å². The minimum atomic E-state index is -0.721. The van der Waals surface area contributed by atoms with Gasteiger partial charge in [-0.1, -0.05) is 54.6 Å². The minimum absolute atomic E-state index is 0.0531. The molecule has 2 saturated carbocycles. The number of aromatic nitrogens is 2. The molecule has 0 spiro atoms. The summed E-state index contributed by atoms with van der Waals surface area (Å²) < 4.78 is 5.38. The zero-order valence-corrected chi connectivity index (χ0v) is 24.8. The maximum atomic E-state index is 13.1. The van der Waals surface area contributed by atoms with Crippen LogP contribution >= 0.6 is 0 Å². The first-order chi connectivity index (χ1) is 20.7. The number of benzene rings is 2. The topological polar surface area (TPSA) is 131 Å². The number of carbonyl (C=O) groups excluding carboxylic acids is 2. The van der Waals surface area contributed by atoms with Crippen molar-refractivity contribution in [3.8, 4) is 22.4 Å². The zero-order chi connectivity index (χ0) is 30.0. The lowest BCUT2D eigenvalue weighted by atomic mass is 9.63. The molecule has 226 valence electrons. The summed E-state index contributed by atoms with van der Waals surface area (Å²) in [4.78, 5) is 27.9. The molecule has 1 aromatic heterocycles. The van der Waals surface area contributed by atoms with Crippen LogP contribution in [0.4, 0.5) is 5.82 Å². The van der Waals surface area contributed by atoms with Crippen molar-refractivity contribution in [1.29, 1.82) is 0 Å². The van der Waals surface area contributed by atoms with Crippen molar-refractivity contribution in [2.24, 2.45) is 17.6 Å². The van der Waals surface area contributed by atoms with Gasteiger partial charge < -0.3 is 25.8 Å². The smallest absolute Gasteiger partial charge is 0.225 e. The van der Waals surface area contributed by atoms with Crippen LogP contribution in [-0.4, -0.2) is 63.9 Å². The number of ether oxygens (including phenoxy) is 1. The third-order valence-electron chi connectivity index (χ3n) is 9.26. The van der Waals surface area contributed by atoms with Crippen LogP contribution in [0.3, 0.4) is 0 Å². The summed E-state index contributed by atoms with van der Waals surface area (Å²) in [6.45, 7) is 4.40. The summed E-state index contributed by atoms with van der Waals surface area (Å²) in [6, 6.07) is 19.8. The Kier molecular flexibility index (Phi) is 8.31. The van der Waals surface area contributed by atoms with Gasteiger partial charge in [-0.25, -0.2) is 0 Å². The molecule has 3 aromatic rings. The fraction of sp³-hybridized carbons (Fsp3) is 0.471. The van der Waals surface area contributed by atoms with Gasteiger partial charge in [-0.15, -0.1) is 10.2 Å². The van der Waals surface area contributed by atoms with Crippen molar-refractivity contribution in [3.63, 3.8) is 0 Å². The van der Waals surface area contributed by atoms with Gasteiger partial charge in [0.05, 0.1) is 18.8 Å². The lowest BCUT2D eigenvalue weighted by molar-refractivity contribution is -0.141. The van der Waals surface area contributed by atoms with E-state index in [9.17, 15) is 14.7 Å². The Morgan fingerprint density at radius 3 is 2.30 bits per heavy atom. The molecule has 9 nitrogen and oxygen atoms in total. The summed E-state index contributed by atoms with van der Waals surface area (Å²) in [5.74, 6) is 0.870. The second-order valence-electron chi connectivity index (χ2n) is 12.8. The molecule has 0 bridgehead atoms. The predicted molar refractivity (Wildman–Crippen MR) is 165 cm³/mol. The van der Waals surface area contributed by atoms with E-state index in [2.05, 4.69) is 15.5 Å². The van der Waals surface area contributed by atoms with Gasteiger partial charge in [0, 0.05) is 42.1 Å². The average molecular weight is 584 g/mol. The standard InChI is InChI=1S/C34H41N5O4/c1-33(42)21-34(35,22-33)27-13-11-25(12-14-27)31-28(24-5-3-2-4-6-24)20-29(37-38-31)36-30(40)19-23-7-9-26(10-8-23)32(41)39-15-17-43-18-16-39/h2-6,11-14,20,23,26,42H,7-10,15-19,21-22,35H2,1H3,(H,36,37,40). The summed E-state index contributed by atoms with van der Waals surface area (Å²) >= 11 is 0. The quantitative estimate of drug-likeness (QED) is 0.373. The first-order valence-electron chi connectivity index (χ1n) is 15.4. The molecule has 3 aliphatic rings. The van der Waals surface area contributed by atoms with Crippen molar-refractivity contribution >= 4 is 17.6 Å². The number of anilines is 1. The molecule has 2 amide bonds. The third kappa shape index (κ3) is 6.64. The monoisotopic (exact) mass is 583 g/mol. The summed E-state index contributed by atoms with van der Waals surface area (Å²) in [6.07, 6.45) is 4.83. The van der Waals surface area contributed by atoms with Crippen LogP contribution in [0, 0.1) is 11.8 Å². The van der Waals surface area contributed by atoms with Gasteiger partial charge in [-0.3, -0.25) is 9.59 Å². The Labute approximate surface area is 252 Å². The number of amides is 2. The number of hydrogen-bond acceptors (Lipinski definition) is 7. The lowest BCUT2D eigenvalue weighted by Gasteiger charge is -2.49. The van der Waals surface area contributed by atoms with Crippen molar-refractivity contribution in [2.75, 3.05) is 31.6 Å². The van der Waals surface area contributed by atoms with E-state index in [1.165, 1.54) is 0 Å². The zero-order valence-electron chi connectivity index (χ0n) is 24.8. The third-order valence-corrected chi connectivity index (χ3v) is 9.26. The summed E-state index contributed by atoms with van der Waals surface area (Å²) in [5.41, 5.74) is 9.73. The number of rotatable bonds is 7. The average Bonchev–Trinajstić information content (AvgIpc) is 3.01. The van der Waals surface area contributed by atoms with Gasteiger partial charge in [0.15, 0.2) is 5.82 Å². The summed E-state index contributed by atoms with van der Waals surface area (Å²) in [5, 5.41) is 22.1. The molecule has 0 radical (unpaired) electrons. The Morgan fingerprint density at radius 1 is 0.977 bits per heavy atom. The number of nitrogens with zero attached hydrogens (tertiary/aromatic N) is 3. The van der Waals surface area contributed by atoms with Gasteiger partial charge in [0.2, 0.25) is 11.8 Å². The van der Waals surface area contributed by atoms with Gasteiger partial charge in [0.1, 0.15) is 5.69 Å². The van der Waals surface area contributed by atoms with E-state index in [-0.39, 0.29) is 23.7 Å². The first kappa shape index (κ1) is 29.4. The molecule has 6 rings (SSSR count). The second-order valence-corrected chi connectivity index (χ2v) is 12.8. The van der Waals surface area contributed by atoms with Crippen LogP contribution in [0.25, 0.3) is 22.4 Å². The summed E-state index contributed by atoms with van der Waals surface area (Å²) in [7, 11) is 0. The highest BCUT2D eigenvalue weighted by Gasteiger charge is 2.49. The predicted octanol–water partition coefficient (Wildman–Crippen LogP) is 4.50. The van der Waals surface area contributed by atoms with Crippen molar-refractivity contribution in [2.45, 2.75) is 63.0 Å². The Bertz CT molecular complexity index is 1440. The molecule has 1 aliphatic heterocycles. The second kappa shape index (κ2) is 12.1. The number of nitrogens with two attached hydrogens (primary N) is 1. The largest absolute Gasteiger partial charge is 0.390 e.